The predicted octanol–water partition coefficient (Wildman–Crippen LogP) is 1.93. The highest BCUT2D eigenvalue weighted by Crippen LogP contribution is 2.55. The Balaban J connectivity index is 2.02. The number of fused-ring (bicyclic) bond motifs is 1. The Morgan fingerprint density at radius 2 is 2.25 bits per heavy atom. The van der Waals surface area contributed by atoms with Crippen LogP contribution in [0, 0.1) is 5.41 Å². The van der Waals surface area contributed by atoms with Crippen LogP contribution >= 0.6 is 0 Å². The minimum atomic E-state index is 0.223. The summed E-state index contributed by atoms with van der Waals surface area (Å²) in [6.07, 6.45) is 3.51. The van der Waals surface area contributed by atoms with Crippen molar-refractivity contribution in [3.05, 3.63) is 29.3 Å². The van der Waals surface area contributed by atoms with Crippen molar-refractivity contribution in [2.75, 3.05) is 6.61 Å². The third-order valence-corrected chi connectivity index (χ3v) is 3.96. The van der Waals surface area contributed by atoms with E-state index in [-0.39, 0.29) is 6.04 Å². The lowest BCUT2D eigenvalue weighted by Gasteiger charge is -2.24. The molecule has 0 radical (unpaired) electrons. The summed E-state index contributed by atoms with van der Waals surface area (Å²) in [5.74, 6) is 6.79. The quantitative estimate of drug-likeness (QED) is 0.602. The molecule has 3 nitrogen and oxygen atoms in total. The summed E-state index contributed by atoms with van der Waals surface area (Å²) >= 11 is 0. The van der Waals surface area contributed by atoms with E-state index in [0.29, 0.717) is 5.41 Å². The first-order valence-electron chi connectivity index (χ1n) is 5.95. The fourth-order valence-electron chi connectivity index (χ4n) is 2.62. The molecule has 1 unspecified atom stereocenters. The molecule has 0 amide bonds. The third kappa shape index (κ3) is 1.43. The van der Waals surface area contributed by atoms with Crippen LogP contribution in [0.3, 0.4) is 0 Å². The van der Waals surface area contributed by atoms with Gasteiger partial charge in [-0.1, -0.05) is 25.1 Å². The molecule has 86 valence electrons. The van der Waals surface area contributed by atoms with Crippen molar-refractivity contribution in [3.63, 3.8) is 0 Å². The van der Waals surface area contributed by atoms with Crippen LogP contribution in [0.25, 0.3) is 0 Å². The van der Waals surface area contributed by atoms with Crippen molar-refractivity contribution in [1.29, 1.82) is 0 Å². The molecule has 1 aliphatic carbocycles. The first-order valence-corrected chi connectivity index (χ1v) is 5.95. The van der Waals surface area contributed by atoms with Gasteiger partial charge in [0.1, 0.15) is 5.75 Å². The zero-order chi connectivity index (χ0) is 11.2. The molecule has 16 heavy (non-hydrogen) atoms. The number of benzene rings is 1. The van der Waals surface area contributed by atoms with Crippen molar-refractivity contribution >= 4 is 0 Å². The second-order valence-corrected chi connectivity index (χ2v) is 5.19. The minimum Gasteiger partial charge on any atom is -0.493 e. The molecule has 3 rings (SSSR count). The Labute approximate surface area is 95.9 Å². The fourth-order valence-corrected chi connectivity index (χ4v) is 2.62. The van der Waals surface area contributed by atoms with Gasteiger partial charge in [0.05, 0.1) is 12.6 Å². The highest BCUT2D eigenvalue weighted by Gasteiger charge is 2.46. The number of hydrogen-bond acceptors (Lipinski definition) is 3. The van der Waals surface area contributed by atoms with Crippen LogP contribution in [0.15, 0.2) is 18.2 Å². The minimum absolute atomic E-state index is 0.223. The van der Waals surface area contributed by atoms with Crippen LogP contribution in [-0.2, 0) is 6.42 Å². The van der Waals surface area contributed by atoms with Gasteiger partial charge in [0.2, 0.25) is 0 Å². The summed E-state index contributed by atoms with van der Waals surface area (Å²) in [5, 5.41) is 0. The zero-order valence-electron chi connectivity index (χ0n) is 9.62. The van der Waals surface area contributed by atoms with E-state index < -0.39 is 0 Å². The van der Waals surface area contributed by atoms with Crippen LogP contribution in [0.4, 0.5) is 0 Å². The van der Waals surface area contributed by atoms with E-state index >= 15 is 0 Å². The fraction of sp³-hybridized carbons (Fsp3) is 0.538. The smallest absolute Gasteiger partial charge is 0.127 e. The molecule has 1 heterocycles. The summed E-state index contributed by atoms with van der Waals surface area (Å²) in [6, 6.07) is 6.62. The Hall–Kier alpha value is -1.06. The van der Waals surface area contributed by atoms with Crippen molar-refractivity contribution in [2.24, 2.45) is 11.3 Å². The summed E-state index contributed by atoms with van der Waals surface area (Å²) < 4.78 is 5.74. The molecular formula is C13H18N2O. The molecule has 0 aromatic heterocycles. The SMILES string of the molecule is CC1(C(NN)c2cccc3c2OCC3)CC1. The molecule has 0 bridgehead atoms. The van der Waals surface area contributed by atoms with Crippen LogP contribution in [0.1, 0.15) is 36.9 Å². The molecule has 3 heteroatoms. The van der Waals surface area contributed by atoms with Gasteiger partial charge in [-0.15, -0.1) is 0 Å². The normalized spacial score (nSPS) is 22.4. The summed E-state index contributed by atoms with van der Waals surface area (Å²) in [5.41, 5.74) is 5.84. The first kappa shape index (κ1) is 10.1. The summed E-state index contributed by atoms with van der Waals surface area (Å²) in [7, 11) is 0. The number of nitrogens with one attached hydrogen (secondary N) is 1. The molecule has 1 aromatic rings. The molecule has 1 aromatic carbocycles. The largest absolute Gasteiger partial charge is 0.493 e. The van der Waals surface area contributed by atoms with E-state index in [1.165, 1.54) is 24.0 Å². The van der Waals surface area contributed by atoms with Crippen molar-refractivity contribution in [1.82, 2.24) is 5.43 Å². The summed E-state index contributed by atoms with van der Waals surface area (Å²) in [4.78, 5) is 0. The van der Waals surface area contributed by atoms with Gasteiger partial charge in [-0.3, -0.25) is 11.3 Å². The van der Waals surface area contributed by atoms with Crippen LogP contribution in [0.2, 0.25) is 0 Å². The number of hydrazine groups is 1. The van der Waals surface area contributed by atoms with Gasteiger partial charge in [-0.2, -0.15) is 0 Å². The number of para-hydroxylation sites is 1. The van der Waals surface area contributed by atoms with Gasteiger partial charge < -0.3 is 4.74 Å². The van der Waals surface area contributed by atoms with E-state index in [1.54, 1.807) is 0 Å². The number of rotatable bonds is 3. The topological polar surface area (TPSA) is 47.3 Å². The van der Waals surface area contributed by atoms with E-state index in [0.717, 1.165) is 18.8 Å². The van der Waals surface area contributed by atoms with Gasteiger partial charge in [0, 0.05) is 12.0 Å². The molecule has 2 aliphatic rings. The monoisotopic (exact) mass is 218 g/mol. The number of hydrogen-bond donors (Lipinski definition) is 2. The maximum atomic E-state index is 5.74. The van der Waals surface area contributed by atoms with Crippen molar-refractivity contribution in [3.8, 4) is 5.75 Å². The lowest BCUT2D eigenvalue weighted by molar-refractivity contribution is 0.326. The maximum absolute atomic E-state index is 5.74. The van der Waals surface area contributed by atoms with Crippen LogP contribution in [-0.4, -0.2) is 6.61 Å². The van der Waals surface area contributed by atoms with Gasteiger partial charge >= 0.3 is 0 Å². The molecule has 1 atom stereocenters. The van der Waals surface area contributed by atoms with Crippen molar-refractivity contribution < 1.29 is 4.74 Å². The first-order chi connectivity index (χ1) is 7.74. The Bertz CT molecular complexity index is 412. The maximum Gasteiger partial charge on any atom is 0.127 e. The predicted molar refractivity (Wildman–Crippen MR) is 63.0 cm³/mol. The van der Waals surface area contributed by atoms with Gasteiger partial charge in [0.15, 0.2) is 0 Å². The highest BCUT2D eigenvalue weighted by molar-refractivity contribution is 5.46. The molecule has 0 saturated heterocycles. The lowest BCUT2D eigenvalue weighted by atomic mass is 9.90. The molecule has 3 N–H and O–H groups in total. The van der Waals surface area contributed by atoms with E-state index in [2.05, 4.69) is 30.5 Å². The highest BCUT2D eigenvalue weighted by atomic mass is 16.5. The summed E-state index contributed by atoms with van der Waals surface area (Å²) in [6.45, 7) is 3.09. The average molecular weight is 218 g/mol. The zero-order valence-corrected chi connectivity index (χ0v) is 9.62. The average Bonchev–Trinajstić information content (AvgIpc) is 2.84. The van der Waals surface area contributed by atoms with Crippen LogP contribution in [0.5, 0.6) is 5.75 Å². The Morgan fingerprint density at radius 1 is 1.44 bits per heavy atom. The molecule has 1 fully saturated rings. The molecule has 1 saturated carbocycles. The molecule has 1 aliphatic heterocycles. The Morgan fingerprint density at radius 3 is 2.94 bits per heavy atom. The van der Waals surface area contributed by atoms with Gasteiger partial charge in [-0.05, 0) is 23.8 Å². The van der Waals surface area contributed by atoms with Gasteiger partial charge in [0.25, 0.3) is 0 Å². The second-order valence-electron chi connectivity index (χ2n) is 5.19. The molecule has 0 spiro atoms. The third-order valence-electron chi connectivity index (χ3n) is 3.96. The lowest BCUT2D eigenvalue weighted by Crippen LogP contribution is -2.33. The van der Waals surface area contributed by atoms with E-state index in [9.17, 15) is 0 Å². The van der Waals surface area contributed by atoms with Gasteiger partial charge in [-0.25, -0.2) is 0 Å². The Kier molecular flexibility index (Phi) is 2.19. The van der Waals surface area contributed by atoms with E-state index in [4.69, 9.17) is 10.6 Å². The van der Waals surface area contributed by atoms with Crippen molar-refractivity contribution in [2.45, 2.75) is 32.2 Å². The second kappa shape index (κ2) is 3.47. The standard InChI is InChI=1S/C13H18N2O/c1-13(6-7-13)12(15-14)10-4-2-3-9-5-8-16-11(9)10/h2-4,12,15H,5-8,14H2,1H3. The number of nitrogens with two attached hydrogens (primary N) is 1. The number of ether oxygens (including phenoxy) is 1. The van der Waals surface area contributed by atoms with E-state index in [1.807, 2.05) is 0 Å². The molecular weight excluding hydrogens is 200 g/mol. The van der Waals surface area contributed by atoms with Crippen LogP contribution < -0.4 is 16.0 Å².